The lowest BCUT2D eigenvalue weighted by atomic mass is 9.87. The Labute approximate surface area is 129 Å². The van der Waals surface area contributed by atoms with Crippen molar-refractivity contribution in [2.75, 3.05) is 11.9 Å². The molecule has 0 N–H and O–H groups in total. The van der Waals surface area contributed by atoms with E-state index >= 15 is 0 Å². The van der Waals surface area contributed by atoms with Crippen LogP contribution < -0.4 is 4.90 Å². The lowest BCUT2D eigenvalue weighted by Crippen LogP contribution is -2.37. The van der Waals surface area contributed by atoms with Gasteiger partial charge in [-0.15, -0.1) is 0 Å². The molecule has 0 amide bonds. The molecule has 0 radical (unpaired) electrons. The van der Waals surface area contributed by atoms with Crippen LogP contribution in [0.5, 0.6) is 0 Å². The molecule has 1 aliphatic rings. The summed E-state index contributed by atoms with van der Waals surface area (Å²) in [6.07, 6.45) is 4.49. The fourth-order valence-electron chi connectivity index (χ4n) is 3.11. The number of rotatable bonds is 3. The second kappa shape index (κ2) is 5.75. The molecular formula is C17H19N3O2. The third-order valence-corrected chi connectivity index (χ3v) is 4.50. The van der Waals surface area contributed by atoms with Gasteiger partial charge in [0, 0.05) is 18.7 Å². The highest BCUT2D eigenvalue weighted by molar-refractivity contribution is 5.49. The fourth-order valence-corrected chi connectivity index (χ4v) is 3.11. The van der Waals surface area contributed by atoms with Gasteiger partial charge in [0.05, 0.1) is 4.92 Å². The van der Waals surface area contributed by atoms with Crippen molar-refractivity contribution in [1.29, 1.82) is 0 Å². The molecule has 5 heteroatoms. The number of fused-ring (bicyclic) bond motifs is 1. The Kier molecular flexibility index (Phi) is 3.79. The molecule has 3 rings (SSSR count). The van der Waals surface area contributed by atoms with Crippen LogP contribution in [0.3, 0.4) is 0 Å². The highest BCUT2D eigenvalue weighted by atomic mass is 16.6. The molecule has 1 aromatic heterocycles. The monoisotopic (exact) mass is 297 g/mol. The first-order valence-corrected chi connectivity index (χ1v) is 7.47. The fraction of sp³-hybridized carbons (Fsp3) is 0.353. The summed E-state index contributed by atoms with van der Waals surface area (Å²) in [7, 11) is 2.02. The summed E-state index contributed by atoms with van der Waals surface area (Å²) >= 11 is 0. The lowest BCUT2D eigenvalue weighted by molar-refractivity contribution is -0.385. The molecule has 0 bridgehead atoms. The average Bonchev–Trinajstić information content (AvgIpc) is 2.53. The summed E-state index contributed by atoms with van der Waals surface area (Å²) in [5, 5.41) is 10.9. The average molecular weight is 297 g/mol. The summed E-state index contributed by atoms with van der Waals surface area (Å²) in [6, 6.07) is 10.7. The van der Waals surface area contributed by atoms with Gasteiger partial charge in [0.25, 0.3) is 5.69 Å². The van der Waals surface area contributed by atoms with Crippen molar-refractivity contribution in [1.82, 2.24) is 4.98 Å². The second-order valence-electron chi connectivity index (χ2n) is 5.86. The molecule has 0 fully saturated rings. The Balaban J connectivity index is 1.82. The van der Waals surface area contributed by atoms with Gasteiger partial charge >= 0.3 is 0 Å². The summed E-state index contributed by atoms with van der Waals surface area (Å²) in [4.78, 5) is 16.9. The van der Waals surface area contributed by atoms with Crippen LogP contribution in [0.1, 0.15) is 23.1 Å². The molecule has 1 heterocycles. The first kappa shape index (κ1) is 14.5. The summed E-state index contributed by atoms with van der Waals surface area (Å²) < 4.78 is 0. The number of hydrogen-bond acceptors (Lipinski definition) is 4. The van der Waals surface area contributed by atoms with Gasteiger partial charge in [-0.05, 0) is 43.4 Å². The van der Waals surface area contributed by atoms with Crippen molar-refractivity contribution in [3.05, 3.63) is 63.3 Å². The Morgan fingerprint density at radius 3 is 2.73 bits per heavy atom. The van der Waals surface area contributed by atoms with Crippen LogP contribution in [0, 0.1) is 17.0 Å². The summed E-state index contributed by atoms with van der Waals surface area (Å²) in [5.41, 5.74) is 3.55. The molecule has 1 aliphatic carbocycles. The Bertz CT molecular complexity index is 715. The number of nitrogens with zero attached hydrogens (tertiary/aromatic N) is 3. The predicted molar refractivity (Wildman–Crippen MR) is 86.3 cm³/mol. The third-order valence-electron chi connectivity index (χ3n) is 4.50. The lowest BCUT2D eigenvalue weighted by Gasteiger charge is -2.33. The highest BCUT2D eigenvalue weighted by Crippen LogP contribution is 2.28. The van der Waals surface area contributed by atoms with Gasteiger partial charge in [-0.2, -0.15) is 0 Å². The Morgan fingerprint density at radius 1 is 1.32 bits per heavy atom. The minimum absolute atomic E-state index is 0.0751. The molecule has 0 spiro atoms. The molecule has 0 saturated carbocycles. The molecule has 0 saturated heterocycles. The quantitative estimate of drug-likeness (QED) is 0.644. The minimum Gasteiger partial charge on any atom is -0.356 e. The van der Waals surface area contributed by atoms with E-state index in [1.54, 1.807) is 13.0 Å². The van der Waals surface area contributed by atoms with Crippen molar-refractivity contribution < 1.29 is 4.92 Å². The molecule has 2 aromatic rings. The number of pyridine rings is 1. The van der Waals surface area contributed by atoms with Gasteiger partial charge in [-0.25, -0.2) is 4.98 Å². The number of aromatic nitrogens is 1. The summed E-state index contributed by atoms with van der Waals surface area (Å²) in [6.45, 7) is 1.76. The molecule has 1 atom stereocenters. The normalized spacial score (nSPS) is 16.9. The number of likely N-dealkylation sites (N-methyl/N-ethyl adjacent to an activating group) is 1. The highest BCUT2D eigenvalue weighted by Gasteiger charge is 2.23. The molecule has 0 aliphatic heterocycles. The van der Waals surface area contributed by atoms with Crippen LogP contribution in [0.2, 0.25) is 0 Å². The Morgan fingerprint density at radius 2 is 2.05 bits per heavy atom. The van der Waals surface area contributed by atoms with Crippen LogP contribution >= 0.6 is 0 Å². The molecule has 1 unspecified atom stereocenters. The first-order valence-electron chi connectivity index (χ1n) is 7.47. The van der Waals surface area contributed by atoms with Crippen LogP contribution in [0.4, 0.5) is 11.5 Å². The molecule has 114 valence electrons. The van der Waals surface area contributed by atoms with Gasteiger partial charge < -0.3 is 4.90 Å². The molecule has 5 nitrogen and oxygen atoms in total. The topological polar surface area (TPSA) is 59.3 Å². The van der Waals surface area contributed by atoms with E-state index < -0.39 is 0 Å². The molecule has 22 heavy (non-hydrogen) atoms. The predicted octanol–water partition coefficient (Wildman–Crippen LogP) is 3.29. The SMILES string of the molecule is Cc1cc(N(C)C2CCc3ccccc3C2)ncc1[N+](=O)[O-]. The number of nitro groups is 1. The van der Waals surface area contributed by atoms with Crippen molar-refractivity contribution in [3.63, 3.8) is 0 Å². The number of anilines is 1. The van der Waals surface area contributed by atoms with Gasteiger partial charge in [0.15, 0.2) is 0 Å². The van der Waals surface area contributed by atoms with Crippen LogP contribution in [-0.4, -0.2) is 23.0 Å². The minimum atomic E-state index is -0.386. The zero-order valence-electron chi connectivity index (χ0n) is 12.8. The second-order valence-corrected chi connectivity index (χ2v) is 5.86. The number of hydrogen-bond donors (Lipinski definition) is 0. The van der Waals surface area contributed by atoms with Crippen molar-refractivity contribution >= 4 is 11.5 Å². The maximum absolute atomic E-state index is 10.9. The smallest absolute Gasteiger partial charge is 0.290 e. The van der Waals surface area contributed by atoms with E-state index in [4.69, 9.17) is 0 Å². The van der Waals surface area contributed by atoms with Crippen LogP contribution in [0.15, 0.2) is 36.5 Å². The van der Waals surface area contributed by atoms with Crippen molar-refractivity contribution in [2.45, 2.75) is 32.2 Å². The number of benzene rings is 1. The van der Waals surface area contributed by atoms with E-state index in [0.717, 1.165) is 25.1 Å². The van der Waals surface area contributed by atoms with Crippen molar-refractivity contribution in [3.8, 4) is 0 Å². The maximum atomic E-state index is 10.9. The van der Waals surface area contributed by atoms with E-state index in [-0.39, 0.29) is 10.6 Å². The summed E-state index contributed by atoms with van der Waals surface area (Å²) in [5.74, 6) is 0.799. The van der Waals surface area contributed by atoms with E-state index in [9.17, 15) is 10.1 Å². The third kappa shape index (κ3) is 2.66. The number of aryl methyl sites for hydroxylation is 2. The zero-order chi connectivity index (χ0) is 15.7. The van der Waals surface area contributed by atoms with Crippen molar-refractivity contribution in [2.24, 2.45) is 0 Å². The van der Waals surface area contributed by atoms with Gasteiger partial charge in [0.2, 0.25) is 0 Å². The van der Waals surface area contributed by atoms with Crippen LogP contribution in [0.25, 0.3) is 0 Å². The van der Waals surface area contributed by atoms with Crippen LogP contribution in [-0.2, 0) is 12.8 Å². The van der Waals surface area contributed by atoms with E-state index in [2.05, 4.69) is 34.1 Å². The van der Waals surface area contributed by atoms with E-state index in [1.807, 2.05) is 7.05 Å². The first-order chi connectivity index (χ1) is 10.6. The zero-order valence-corrected chi connectivity index (χ0v) is 12.8. The largest absolute Gasteiger partial charge is 0.356 e. The molecule has 1 aromatic carbocycles. The maximum Gasteiger partial charge on any atom is 0.290 e. The van der Waals surface area contributed by atoms with E-state index in [0.29, 0.717) is 11.6 Å². The van der Waals surface area contributed by atoms with Gasteiger partial charge in [-0.3, -0.25) is 10.1 Å². The molecular weight excluding hydrogens is 278 g/mol. The standard InChI is InChI=1S/C17H19N3O2/c1-12-9-17(18-11-16(12)20(21)22)19(2)15-8-7-13-5-3-4-6-14(13)10-15/h3-6,9,11,15H,7-8,10H2,1-2H3. The van der Waals surface area contributed by atoms with E-state index in [1.165, 1.54) is 17.3 Å². The van der Waals surface area contributed by atoms with Gasteiger partial charge in [0.1, 0.15) is 12.0 Å². The Hall–Kier alpha value is -2.43. The van der Waals surface area contributed by atoms with Gasteiger partial charge in [-0.1, -0.05) is 24.3 Å².